The molecule has 1 aromatic heterocycles. The first-order valence-electron chi connectivity index (χ1n) is 4.29. The van der Waals surface area contributed by atoms with Crippen LogP contribution in [-0.2, 0) is 0 Å². The fourth-order valence-corrected chi connectivity index (χ4v) is 1.79. The van der Waals surface area contributed by atoms with Crippen molar-refractivity contribution in [3.63, 3.8) is 0 Å². The van der Waals surface area contributed by atoms with Crippen LogP contribution in [0.15, 0.2) is 35.7 Å². The van der Waals surface area contributed by atoms with E-state index in [1.165, 1.54) is 11.5 Å². The molecule has 0 saturated heterocycles. The summed E-state index contributed by atoms with van der Waals surface area (Å²) in [5.41, 5.74) is 2.66. The van der Waals surface area contributed by atoms with Gasteiger partial charge in [0.2, 0.25) is 0 Å². The Balaban J connectivity index is 2.46. The summed E-state index contributed by atoms with van der Waals surface area (Å²) in [4.78, 5) is 11.1. The van der Waals surface area contributed by atoms with Crippen molar-refractivity contribution in [2.24, 2.45) is 0 Å². The molecule has 0 bridgehead atoms. The highest BCUT2D eigenvalue weighted by Crippen LogP contribution is 2.19. The van der Waals surface area contributed by atoms with E-state index in [1.807, 2.05) is 35.7 Å². The monoisotopic (exact) mass is 203 g/mol. The lowest BCUT2D eigenvalue weighted by Crippen LogP contribution is -1.91. The Morgan fingerprint density at radius 1 is 1.36 bits per heavy atom. The fraction of sp³-hybridized carbons (Fsp3) is 0.0909. The number of carbonyl (C=O) groups excluding carboxylic acids is 1. The molecule has 0 aliphatic heterocycles. The highest BCUT2D eigenvalue weighted by molar-refractivity contribution is 7.03. The Morgan fingerprint density at radius 2 is 2.21 bits per heavy atom. The third-order valence-corrected chi connectivity index (χ3v) is 2.56. The average molecular weight is 203 g/mol. The maximum absolute atomic E-state index is 11.1. The quantitative estimate of drug-likeness (QED) is 0.702. The molecule has 70 valence electrons. The van der Waals surface area contributed by atoms with E-state index in [0.717, 1.165) is 16.8 Å². The molecule has 3 heteroatoms. The lowest BCUT2D eigenvalue weighted by Gasteiger charge is -1.98. The standard InChI is InChI=1S/C11H9NOS/c1-8(13)9-3-2-4-10(7-9)11-5-6-14-12-11/h2-7H,1H3. The van der Waals surface area contributed by atoms with Gasteiger partial charge in [0.15, 0.2) is 5.78 Å². The van der Waals surface area contributed by atoms with Gasteiger partial charge in [0.1, 0.15) is 0 Å². The molecule has 0 aliphatic carbocycles. The smallest absolute Gasteiger partial charge is 0.159 e. The summed E-state index contributed by atoms with van der Waals surface area (Å²) in [5, 5.41) is 1.93. The molecule has 1 heterocycles. The second kappa shape index (κ2) is 3.72. The predicted molar refractivity (Wildman–Crippen MR) is 57.6 cm³/mol. The molecule has 2 nitrogen and oxygen atoms in total. The van der Waals surface area contributed by atoms with E-state index in [0.29, 0.717) is 0 Å². The van der Waals surface area contributed by atoms with Gasteiger partial charge in [0.05, 0.1) is 5.69 Å². The van der Waals surface area contributed by atoms with E-state index in [9.17, 15) is 4.79 Å². The lowest BCUT2D eigenvalue weighted by atomic mass is 10.1. The van der Waals surface area contributed by atoms with Gasteiger partial charge >= 0.3 is 0 Å². The summed E-state index contributed by atoms with van der Waals surface area (Å²) in [7, 11) is 0. The minimum absolute atomic E-state index is 0.0853. The average Bonchev–Trinajstić information content (AvgIpc) is 2.71. The molecule has 1 aromatic carbocycles. The summed E-state index contributed by atoms with van der Waals surface area (Å²) in [5.74, 6) is 0.0853. The van der Waals surface area contributed by atoms with Crippen molar-refractivity contribution in [1.29, 1.82) is 0 Å². The van der Waals surface area contributed by atoms with E-state index in [-0.39, 0.29) is 5.78 Å². The Hall–Kier alpha value is -1.48. The van der Waals surface area contributed by atoms with Gasteiger partial charge in [0, 0.05) is 16.5 Å². The van der Waals surface area contributed by atoms with Gasteiger partial charge < -0.3 is 0 Å². The zero-order valence-corrected chi connectivity index (χ0v) is 8.54. The minimum atomic E-state index is 0.0853. The maximum atomic E-state index is 11.1. The van der Waals surface area contributed by atoms with Gasteiger partial charge in [-0.25, -0.2) is 0 Å². The normalized spacial score (nSPS) is 10.1. The predicted octanol–water partition coefficient (Wildman–Crippen LogP) is 3.01. The van der Waals surface area contributed by atoms with Crippen LogP contribution in [0.4, 0.5) is 0 Å². The fourth-order valence-electron chi connectivity index (χ4n) is 1.26. The second-order valence-electron chi connectivity index (χ2n) is 3.02. The lowest BCUT2D eigenvalue weighted by molar-refractivity contribution is 0.101. The van der Waals surface area contributed by atoms with Crippen LogP contribution in [0.5, 0.6) is 0 Å². The molecular weight excluding hydrogens is 194 g/mol. The Labute approximate surface area is 86.4 Å². The third-order valence-electron chi connectivity index (χ3n) is 2.00. The Morgan fingerprint density at radius 3 is 2.86 bits per heavy atom. The van der Waals surface area contributed by atoms with Gasteiger partial charge in [-0.3, -0.25) is 4.79 Å². The zero-order valence-electron chi connectivity index (χ0n) is 7.73. The molecule has 0 fully saturated rings. The first kappa shape index (κ1) is 9.09. The number of hydrogen-bond donors (Lipinski definition) is 0. The van der Waals surface area contributed by atoms with Crippen LogP contribution in [0.25, 0.3) is 11.3 Å². The second-order valence-corrected chi connectivity index (χ2v) is 3.69. The van der Waals surface area contributed by atoms with E-state index in [2.05, 4.69) is 4.37 Å². The highest BCUT2D eigenvalue weighted by atomic mass is 32.1. The van der Waals surface area contributed by atoms with Crippen LogP contribution < -0.4 is 0 Å². The summed E-state index contributed by atoms with van der Waals surface area (Å²) in [6.45, 7) is 1.57. The maximum Gasteiger partial charge on any atom is 0.159 e. The van der Waals surface area contributed by atoms with Crippen LogP contribution in [0, 0.1) is 0 Å². The molecule has 14 heavy (non-hydrogen) atoms. The highest BCUT2D eigenvalue weighted by Gasteiger charge is 2.03. The number of hydrogen-bond acceptors (Lipinski definition) is 3. The van der Waals surface area contributed by atoms with Crippen molar-refractivity contribution in [3.05, 3.63) is 41.3 Å². The molecule has 0 saturated carbocycles. The molecule has 2 aromatic rings. The van der Waals surface area contributed by atoms with Crippen molar-refractivity contribution in [2.75, 3.05) is 0 Å². The molecule has 0 spiro atoms. The van der Waals surface area contributed by atoms with Crippen LogP contribution in [-0.4, -0.2) is 10.2 Å². The van der Waals surface area contributed by atoms with Crippen LogP contribution >= 0.6 is 11.5 Å². The summed E-state index contributed by atoms with van der Waals surface area (Å²) >= 11 is 1.41. The van der Waals surface area contributed by atoms with E-state index < -0.39 is 0 Å². The van der Waals surface area contributed by atoms with Gasteiger partial charge in [-0.15, -0.1) is 0 Å². The SMILES string of the molecule is CC(=O)c1cccc(-c2ccsn2)c1. The number of carbonyl (C=O) groups is 1. The van der Waals surface area contributed by atoms with Crippen molar-refractivity contribution in [3.8, 4) is 11.3 Å². The molecule has 0 atom stereocenters. The number of ketones is 1. The largest absolute Gasteiger partial charge is 0.295 e. The first-order valence-corrected chi connectivity index (χ1v) is 5.13. The number of aromatic nitrogens is 1. The third kappa shape index (κ3) is 1.72. The number of Topliss-reactive ketones (excluding diaryl/α,β-unsaturated/α-hetero) is 1. The van der Waals surface area contributed by atoms with Crippen molar-refractivity contribution in [1.82, 2.24) is 4.37 Å². The molecule has 2 rings (SSSR count). The van der Waals surface area contributed by atoms with Crippen molar-refractivity contribution < 1.29 is 4.79 Å². The van der Waals surface area contributed by atoms with Crippen molar-refractivity contribution in [2.45, 2.75) is 6.92 Å². The number of benzene rings is 1. The van der Waals surface area contributed by atoms with Crippen LogP contribution in [0.3, 0.4) is 0 Å². The summed E-state index contributed by atoms with van der Waals surface area (Å²) in [6.07, 6.45) is 0. The first-order chi connectivity index (χ1) is 6.77. The summed E-state index contributed by atoms with van der Waals surface area (Å²) < 4.78 is 4.22. The van der Waals surface area contributed by atoms with Gasteiger partial charge in [-0.1, -0.05) is 18.2 Å². The van der Waals surface area contributed by atoms with Crippen LogP contribution in [0.1, 0.15) is 17.3 Å². The Kier molecular flexibility index (Phi) is 2.41. The zero-order chi connectivity index (χ0) is 9.97. The molecular formula is C11H9NOS. The topological polar surface area (TPSA) is 30.0 Å². The Bertz CT molecular complexity index is 448. The summed E-state index contributed by atoms with van der Waals surface area (Å²) in [6, 6.07) is 9.48. The molecule has 0 radical (unpaired) electrons. The van der Waals surface area contributed by atoms with Crippen molar-refractivity contribution >= 4 is 17.3 Å². The van der Waals surface area contributed by atoms with Gasteiger partial charge in [0.25, 0.3) is 0 Å². The molecule has 0 aliphatic rings. The van der Waals surface area contributed by atoms with E-state index in [1.54, 1.807) is 6.92 Å². The number of nitrogens with zero attached hydrogens (tertiary/aromatic N) is 1. The van der Waals surface area contributed by atoms with Gasteiger partial charge in [-0.05, 0) is 30.6 Å². The van der Waals surface area contributed by atoms with Crippen LogP contribution in [0.2, 0.25) is 0 Å². The van der Waals surface area contributed by atoms with E-state index >= 15 is 0 Å². The number of rotatable bonds is 2. The molecule has 0 unspecified atom stereocenters. The minimum Gasteiger partial charge on any atom is -0.295 e. The van der Waals surface area contributed by atoms with E-state index in [4.69, 9.17) is 0 Å². The van der Waals surface area contributed by atoms with Gasteiger partial charge in [-0.2, -0.15) is 4.37 Å². The molecule has 0 amide bonds. The molecule has 0 N–H and O–H groups in total.